The third-order valence-electron chi connectivity index (χ3n) is 5.36. The number of rotatable bonds is 4. The van der Waals surface area contributed by atoms with Crippen molar-refractivity contribution < 1.29 is 9.59 Å². The lowest BCUT2D eigenvalue weighted by molar-refractivity contribution is -0.144. The first-order chi connectivity index (χ1) is 12.4. The molecule has 0 unspecified atom stereocenters. The molecule has 2 aliphatic rings. The summed E-state index contributed by atoms with van der Waals surface area (Å²) in [6.45, 7) is 6.82. The van der Waals surface area contributed by atoms with Crippen LogP contribution in [0.2, 0.25) is 0 Å². The summed E-state index contributed by atoms with van der Waals surface area (Å²) in [7, 11) is 0. The van der Waals surface area contributed by atoms with Gasteiger partial charge in [-0.3, -0.25) is 14.4 Å². The maximum Gasteiger partial charge on any atom is 0.250 e. The topological polar surface area (TPSA) is 86.4 Å². The smallest absolute Gasteiger partial charge is 0.250 e. The van der Waals surface area contributed by atoms with Crippen molar-refractivity contribution >= 4 is 11.8 Å². The van der Waals surface area contributed by atoms with Gasteiger partial charge >= 0.3 is 0 Å². The van der Waals surface area contributed by atoms with E-state index in [0.29, 0.717) is 38.4 Å². The van der Waals surface area contributed by atoms with Gasteiger partial charge in [-0.1, -0.05) is 13.8 Å². The molecule has 7 heteroatoms. The number of nitrogens with zero attached hydrogens (tertiary/aromatic N) is 3. The van der Waals surface area contributed by atoms with E-state index in [-0.39, 0.29) is 29.2 Å². The number of likely N-dealkylation sites (tertiary alicyclic amines) is 2. The molecular weight excluding hydrogens is 332 g/mol. The summed E-state index contributed by atoms with van der Waals surface area (Å²) in [5, 5.41) is 0. The minimum Gasteiger partial charge on any atom is -0.342 e. The zero-order chi connectivity index (χ0) is 18.7. The van der Waals surface area contributed by atoms with Crippen molar-refractivity contribution in [1.82, 2.24) is 19.8 Å². The van der Waals surface area contributed by atoms with Crippen LogP contribution in [0, 0.1) is 11.8 Å². The van der Waals surface area contributed by atoms with Gasteiger partial charge in [0.25, 0.3) is 5.56 Å². The van der Waals surface area contributed by atoms with Crippen LogP contribution in [-0.4, -0.2) is 57.8 Å². The average Bonchev–Trinajstić information content (AvgIpc) is 2.63. The van der Waals surface area contributed by atoms with Crippen LogP contribution < -0.4 is 5.56 Å². The standard InChI is InChI=1S/C19H28N4O3/c1-13(2)10-23-11-15(3-4-18(23)25)19(26)22-7-5-14(6-8-22)16-9-17(24)21-12-20-16/h9,12-15H,3-8,10-11H2,1-2H3,(H,20,21,24)/t15-/m1/s1. The van der Waals surface area contributed by atoms with Crippen LogP contribution in [0.25, 0.3) is 0 Å². The molecule has 2 amide bonds. The quantitative estimate of drug-likeness (QED) is 0.879. The summed E-state index contributed by atoms with van der Waals surface area (Å²) >= 11 is 0. The summed E-state index contributed by atoms with van der Waals surface area (Å²) in [6, 6.07) is 1.55. The first kappa shape index (κ1) is 18.6. The van der Waals surface area contributed by atoms with Gasteiger partial charge < -0.3 is 14.8 Å². The fraction of sp³-hybridized carbons (Fsp3) is 0.684. The fourth-order valence-corrected chi connectivity index (χ4v) is 3.99. The van der Waals surface area contributed by atoms with E-state index in [9.17, 15) is 14.4 Å². The molecule has 0 bridgehead atoms. The molecule has 26 heavy (non-hydrogen) atoms. The van der Waals surface area contributed by atoms with E-state index in [0.717, 1.165) is 25.1 Å². The molecule has 0 aliphatic carbocycles. The summed E-state index contributed by atoms with van der Waals surface area (Å²) < 4.78 is 0. The van der Waals surface area contributed by atoms with E-state index in [1.165, 1.54) is 6.33 Å². The van der Waals surface area contributed by atoms with Gasteiger partial charge in [0.1, 0.15) is 0 Å². The first-order valence-corrected chi connectivity index (χ1v) is 9.55. The Morgan fingerprint density at radius 3 is 2.65 bits per heavy atom. The SMILES string of the molecule is CC(C)CN1C[C@H](C(=O)N2CCC(c3cc(=O)[nH]cn3)CC2)CCC1=O. The van der Waals surface area contributed by atoms with Gasteiger partial charge in [0, 0.05) is 44.6 Å². The number of hydrogen-bond acceptors (Lipinski definition) is 4. The van der Waals surface area contributed by atoms with Gasteiger partial charge in [0.05, 0.1) is 17.9 Å². The van der Waals surface area contributed by atoms with Crippen LogP contribution in [0.5, 0.6) is 0 Å². The predicted molar refractivity (Wildman–Crippen MR) is 97.6 cm³/mol. The highest BCUT2D eigenvalue weighted by Crippen LogP contribution is 2.28. The summed E-state index contributed by atoms with van der Waals surface area (Å²) in [5.74, 6) is 0.892. The Balaban J connectivity index is 1.56. The van der Waals surface area contributed by atoms with Gasteiger partial charge in [0.2, 0.25) is 11.8 Å². The fourth-order valence-electron chi connectivity index (χ4n) is 3.99. The second-order valence-electron chi connectivity index (χ2n) is 7.86. The maximum absolute atomic E-state index is 12.9. The zero-order valence-corrected chi connectivity index (χ0v) is 15.6. The number of amides is 2. The van der Waals surface area contributed by atoms with Gasteiger partial charge in [-0.05, 0) is 25.2 Å². The van der Waals surface area contributed by atoms with Crippen LogP contribution in [0.1, 0.15) is 51.1 Å². The van der Waals surface area contributed by atoms with Crippen molar-refractivity contribution in [2.24, 2.45) is 11.8 Å². The summed E-state index contributed by atoms with van der Waals surface area (Å²) in [4.78, 5) is 47.0. The second-order valence-corrected chi connectivity index (χ2v) is 7.86. The Kier molecular flexibility index (Phi) is 5.74. The van der Waals surface area contributed by atoms with Gasteiger partial charge in [-0.2, -0.15) is 0 Å². The monoisotopic (exact) mass is 360 g/mol. The number of hydrogen-bond donors (Lipinski definition) is 1. The number of H-pyrrole nitrogens is 1. The van der Waals surface area contributed by atoms with Gasteiger partial charge in [-0.15, -0.1) is 0 Å². The minimum atomic E-state index is -0.134. The largest absolute Gasteiger partial charge is 0.342 e. The molecule has 3 rings (SSSR count). The second kappa shape index (κ2) is 8.01. The third kappa shape index (κ3) is 4.31. The van der Waals surface area contributed by atoms with Gasteiger partial charge in [0.15, 0.2) is 0 Å². The highest BCUT2D eigenvalue weighted by Gasteiger charge is 2.34. The normalized spacial score (nSPS) is 22.1. The number of aromatic nitrogens is 2. The molecule has 1 N–H and O–H groups in total. The first-order valence-electron chi connectivity index (χ1n) is 9.55. The Labute approximate surface area is 153 Å². The van der Waals surface area contributed by atoms with E-state index in [2.05, 4.69) is 23.8 Å². The summed E-state index contributed by atoms with van der Waals surface area (Å²) in [6.07, 6.45) is 4.21. The Morgan fingerprint density at radius 1 is 1.27 bits per heavy atom. The molecular formula is C19H28N4O3. The van der Waals surface area contributed by atoms with Crippen molar-refractivity contribution in [3.63, 3.8) is 0 Å². The average molecular weight is 360 g/mol. The van der Waals surface area contributed by atoms with E-state index in [1.54, 1.807) is 6.07 Å². The molecule has 1 aromatic rings. The summed E-state index contributed by atoms with van der Waals surface area (Å²) in [5.41, 5.74) is 0.679. The van der Waals surface area contributed by atoms with Crippen molar-refractivity contribution in [3.05, 3.63) is 28.4 Å². The van der Waals surface area contributed by atoms with E-state index >= 15 is 0 Å². The van der Waals surface area contributed by atoms with Crippen molar-refractivity contribution in [2.45, 2.75) is 45.4 Å². The van der Waals surface area contributed by atoms with Crippen LogP contribution in [-0.2, 0) is 9.59 Å². The van der Waals surface area contributed by atoms with E-state index in [1.807, 2.05) is 9.80 Å². The highest BCUT2D eigenvalue weighted by atomic mass is 16.2. The van der Waals surface area contributed by atoms with Crippen molar-refractivity contribution in [2.75, 3.05) is 26.2 Å². The van der Waals surface area contributed by atoms with Gasteiger partial charge in [-0.25, -0.2) is 4.98 Å². The lowest BCUT2D eigenvalue weighted by Gasteiger charge is -2.38. The van der Waals surface area contributed by atoms with Crippen LogP contribution >= 0.6 is 0 Å². The van der Waals surface area contributed by atoms with Crippen LogP contribution in [0.3, 0.4) is 0 Å². The zero-order valence-electron chi connectivity index (χ0n) is 15.6. The molecule has 1 aromatic heterocycles. The lowest BCUT2D eigenvalue weighted by atomic mass is 9.90. The molecule has 142 valence electrons. The molecule has 7 nitrogen and oxygen atoms in total. The number of carbonyl (C=O) groups is 2. The molecule has 2 aliphatic heterocycles. The molecule has 1 atom stereocenters. The molecule has 0 spiro atoms. The molecule has 3 heterocycles. The number of nitrogens with one attached hydrogen (secondary N) is 1. The number of aromatic amines is 1. The molecule has 0 saturated carbocycles. The number of piperidine rings is 2. The number of carbonyl (C=O) groups excluding carboxylic acids is 2. The highest BCUT2D eigenvalue weighted by molar-refractivity contribution is 5.84. The van der Waals surface area contributed by atoms with Crippen molar-refractivity contribution in [3.8, 4) is 0 Å². The molecule has 2 fully saturated rings. The third-order valence-corrected chi connectivity index (χ3v) is 5.36. The van der Waals surface area contributed by atoms with E-state index in [4.69, 9.17) is 0 Å². The van der Waals surface area contributed by atoms with E-state index < -0.39 is 0 Å². The van der Waals surface area contributed by atoms with Crippen molar-refractivity contribution in [1.29, 1.82) is 0 Å². The Morgan fingerprint density at radius 2 is 2.00 bits per heavy atom. The minimum absolute atomic E-state index is 0.0827. The van der Waals surface area contributed by atoms with Crippen LogP contribution in [0.15, 0.2) is 17.2 Å². The Bertz CT molecular complexity index is 707. The maximum atomic E-state index is 12.9. The van der Waals surface area contributed by atoms with Crippen LogP contribution in [0.4, 0.5) is 0 Å². The molecule has 2 saturated heterocycles. The molecule has 0 aromatic carbocycles. The predicted octanol–water partition coefficient (Wildman–Crippen LogP) is 1.37. The lowest BCUT2D eigenvalue weighted by Crippen LogP contribution is -2.49. The Hall–Kier alpha value is -2.18. The molecule has 0 radical (unpaired) electrons.